The number of nitrogens with zero attached hydrogens (tertiary/aromatic N) is 3. The first kappa shape index (κ1) is 29.6. The molecule has 44 heavy (non-hydrogen) atoms. The second-order valence-electron chi connectivity index (χ2n) is 11.3. The highest BCUT2D eigenvalue weighted by molar-refractivity contribution is 6.13. The van der Waals surface area contributed by atoms with Crippen LogP contribution in [-0.4, -0.2) is 59.8 Å². The van der Waals surface area contributed by atoms with Crippen LogP contribution in [0.2, 0.25) is 0 Å². The molecular weight excluding hydrogens is 571 g/mol. The van der Waals surface area contributed by atoms with Crippen molar-refractivity contribution in [2.45, 2.75) is 25.6 Å². The minimum atomic E-state index is -4.56. The maximum Gasteiger partial charge on any atom is 0.416 e. The van der Waals surface area contributed by atoms with Gasteiger partial charge in [0.2, 0.25) is 5.91 Å². The van der Waals surface area contributed by atoms with Crippen molar-refractivity contribution < 1.29 is 27.5 Å². The van der Waals surface area contributed by atoms with Gasteiger partial charge in [0, 0.05) is 62.2 Å². The van der Waals surface area contributed by atoms with Crippen molar-refractivity contribution in [2.75, 3.05) is 43.9 Å². The lowest BCUT2D eigenvalue weighted by Gasteiger charge is -2.33. The quantitative estimate of drug-likeness (QED) is 0.243. The molecule has 228 valence electrons. The van der Waals surface area contributed by atoms with Gasteiger partial charge in [0.05, 0.1) is 5.56 Å². The van der Waals surface area contributed by atoms with E-state index >= 15 is 0 Å². The fourth-order valence-electron chi connectivity index (χ4n) is 5.28. The molecule has 4 aromatic rings. The van der Waals surface area contributed by atoms with E-state index in [0.717, 1.165) is 32.0 Å². The second kappa shape index (κ2) is 12.3. The number of benzene rings is 3. The lowest BCUT2D eigenvalue weighted by atomic mass is 10.0. The Labute approximate surface area is 252 Å². The molecule has 8 nitrogen and oxygen atoms in total. The normalized spacial score (nSPS) is 16.1. The number of carbonyl (C=O) groups is 2. The van der Waals surface area contributed by atoms with Crippen LogP contribution in [0.5, 0.6) is 11.5 Å². The zero-order valence-electron chi connectivity index (χ0n) is 24.2. The van der Waals surface area contributed by atoms with Gasteiger partial charge >= 0.3 is 6.18 Å². The van der Waals surface area contributed by atoms with Crippen molar-refractivity contribution in [3.8, 4) is 11.5 Å². The number of fused-ring (bicyclic) bond motifs is 1. The number of nitrogens with one attached hydrogen (secondary N) is 2. The number of hydrogen-bond donors (Lipinski definition) is 2. The molecule has 1 aliphatic carbocycles. The first-order valence-corrected chi connectivity index (χ1v) is 14.5. The van der Waals surface area contributed by atoms with Gasteiger partial charge in [0.25, 0.3) is 5.91 Å². The number of halogens is 3. The zero-order chi connectivity index (χ0) is 30.8. The number of likely N-dealkylation sites (N-methyl/N-ethyl adjacent to an activating group) is 1. The van der Waals surface area contributed by atoms with Crippen molar-refractivity contribution in [1.82, 2.24) is 14.8 Å². The van der Waals surface area contributed by atoms with Gasteiger partial charge in [-0.3, -0.25) is 14.5 Å². The molecule has 6 rings (SSSR count). The number of rotatable bonds is 8. The zero-order valence-corrected chi connectivity index (χ0v) is 24.2. The van der Waals surface area contributed by atoms with Crippen molar-refractivity contribution >= 4 is 34.1 Å². The van der Waals surface area contributed by atoms with Crippen LogP contribution in [0.15, 0.2) is 72.9 Å². The second-order valence-corrected chi connectivity index (χ2v) is 11.3. The largest absolute Gasteiger partial charge is 0.457 e. The Morgan fingerprint density at radius 1 is 0.932 bits per heavy atom. The van der Waals surface area contributed by atoms with Crippen LogP contribution in [0, 0.1) is 5.92 Å². The van der Waals surface area contributed by atoms with Crippen LogP contribution in [0.4, 0.5) is 24.7 Å². The molecule has 2 amide bonds. The number of anilines is 2. The molecule has 0 bridgehead atoms. The monoisotopic (exact) mass is 603 g/mol. The number of aromatic nitrogens is 1. The molecule has 11 heteroatoms. The summed E-state index contributed by atoms with van der Waals surface area (Å²) < 4.78 is 48.1. The third-order valence-electron chi connectivity index (χ3n) is 7.93. The highest BCUT2D eigenvalue weighted by atomic mass is 19.4. The van der Waals surface area contributed by atoms with E-state index in [2.05, 4.69) is 20.5 Å². The van der Waals surface area contributed by atoms with Crippen molar-refractivity contribution in [3.63, 3.8) is 0 Å². The van der Waals surface area contributed by atoms with Crippen LogP contribution < -0.4 is 15.4 Å². The van der Waals surface area contributed by atoms with E-state index < -0.39 is 17.6 Å². The molecule has 2 aliphatic rings. The molecule has 0 spiro atoms. The number of alkyl halides is 3. The summed E-state index contributed by atoms with van der Waals surface area (Å²) in [5.41, 5.74) is -0.175. The highest BCUT2D eigenvalue weighted by Crippen LogP contribution is 2.35. The summed E-state index contributed by atoms with van der Waals surface area (Å²) in [4.78, 5) is 33.7. The first-order valence-electron chi connectivity index (χ1n) is 14.5. The predicted octanol–water partition coefficient (Wildman–Crippen LogP) is 6.39. The summed E-state index contributed by atoms with van der Waals surface area (Å²) in [5, 5.41) is 6.78. The molecule has 0 unspecified atom stereocenters. The van der Waals surface area contributed by atoms with E-state index in [1.54, 1.807) is 48.7 Å². The molecule has 0 atom stereocenters. The fraction of sp³-hybridized carbons (Fsp3) is 0.303. The van der Waals surface area contributed by atoms with Crippen LogP contribution in [-0.2, 0) is 17.5 Å². The van der Waals surface area contributed by atoms with E-state index in [1.807, 2.05) is 18.0 Å². The Hall–Kier alpha value is -4.48. The Morgan fingerprint density at radius 2 is 1.70 bits per heavy atom. The maximum absolute atomic E-state index is 14.0. The van der Waals surface area contributed by atoms with Gasteiger partial charge in [-0.25, -0.2) is 4.98 Å². The third kappa shape index (κ3) is 7.00. The van der Waals surface area contributed by atoms with Gasteiger partial charge in [-0.1, -0.05) is 18.2 Å². The van der Waals surface area contributed by atoms with Crippen LogP contribution in [0.1, 0.15) is 34.3 Å². The molecule has 0 radical (unpaired) electrons. The summed E-state index contributed by atoms with van der Waals surface area (Å²) in [6.07, 6.45) is -1.24. The molecule has 1 saturated carbocycles. The summed E-state index contributed by atoms with van der Waals surface area (Å²) >= 11 is 0. The van der Waals surface area contributed by atoms with Gasteiger partial charge < -0.3 is 20.3 Å². The van der Waals surface area contributed by atoms with Crippen LogP contribution in [0.3, 0.4) is 0 Å². The molecule has 1 aliphatic heterocycles. The van der Waals surface area contributed by atoms with E-state index in [1.165, 1.54) is 12.1 Å². The summed E-state index contributed by atoms with van der Waals surface area (Å²) in [6, 6.07) is 17.7. The SMILES string of the molecule is CN1CCN(Cc2ccc(NC(=O)c3cccc4cc(Oc5ccnc(NC(=O)C6CC6)c5)ccc34)cc2C(F)(F)F)CC1. The van der Waals surface area contributed by atoms with E-state index in [0.29, 0.717) is 46.7 Å². The number of piperazine rings is 1. The predicted molar refractivity (Wildman–Crippen MR) is 162 cm³/mol. The fourth-order valence-corrected chi connectivity index (χ4v) is 5.28. The topological polar surface area (TPSA) is 86.8 Å². The van der Waals surface area contributed by atoms with Gasteiger partial charge in [0.1, 0.15) is 17.3 Å². The average molecular weight is 604 g/mol. The van der Waals surface area contributed by atoms with Crippen molar-refractivity contribution in [3.05, 3.63) is 89.6 Å². The number of amides is 2. The first-order chi connectivity index (χ1) is 21.1. The summed E-state index contributed by atoms with van der Waals surface area (Å²) in [7, 11) is 2.00. The van der Waals surface area contributed by atoms with Gasteiger partial charge in [-0.2, -0.15) is 13.2 Å². The average Bonchev–Trinajstić information content (AvgIpc) is 3.84. The Bertz CT molecular complexity index is 1700. The Balaban J connectivity index is 1.17. The maximum atomic E-state index is 14.0. The van der Waals surface area contributed by atoms with E-state index in [9.17, 15) is 22.8 Å². The molecule has 1 aromatic heterocycles. The third-order valence-corrected chi connectivity index (χ3v) is 7.93. The Kier molecular flexibility index (Phi) is 8.24. The van der Waals surface area contributed by atoms with Crippen molar-refractivity contribution in [1.29, 1.82) is 0 Å². The summed E-state index contributed by atoms with van der Waals surface area (Å²) in [5.74, 6) is 0.866. The lowest BCUT2D eigenvalue weighted by molar-refractivity contribution is -0.138. The van der Waals surface area contributed by atoms with Gasteiger partial charge in [-0.15, -0.1) is 0 Å². The molecule has 3 aromatic carbocycles. The number of hydrogen-bond acceptors (Lipinski definition) is 6. The van der Waals surface area contributed by atoms with Crippen LogP contribution >= 0.6 is 0 Å². The van der Waals surface area contributed by atoms with Crippen LogP contribution in [0.25, 0.3) is 10.8 Å². The number of pyridine rings is 1. The smallest absolute Gasteiger partial charge is 0.416 e. The van der Waals surface area contributed by atoms with Gasteiger partial charge in [0.15, 0.2) is 0 Å². The minimum absolute atomic E-state index is 0.0477. The minimum Gasteiger partial charge on any atom is -0.457 e. The lowest BCUT2D eigenvalue weighted by Crippen LogP contribution is -2.44. The van der Waals surface area contributed by atoms with Gasteiger partial charge in [-0.05, 0) is 78.7 Å². The molecular formula is C33H32F3N5O3. The standard InChI is InChI=1S/C33H32F3N5O3/c1-40-13-15-41(16-14-40)20-23-7-8-24(18-29(23)33(34,35)36)38-32(43)28-4-2-3-22-17-25(9-10-27(22)28)44-26-11-12-37-30(19-26)39-31(42)21-5-6-21/h2-4,7-12,17-19,21H,5-6,13-16,20H2,1H3,(H,38,43)(H,37,39,42). The number of ether oxygens (including phenoxy) is 1. The number of carbonyl (C=O) groups excluding carboxylic acids is 2. The molecule has 2 N–H and O–H groups in total. The molecule has 1 saturated heterocycles. The Morgan fingerprint density at radius 3 is 2.45 bits per heavy atom. The van der Waals surface area contributed by atoms with E-state index in [-0.39, 0.29) is 29.6 Å². The summed E-state index contributed by atoms with van der Waals surface area (Å²) in [6.45, 7) is 3.20. The molecule has 2 fully saturated rings. The molecule has 2 heterocycles. The van der Waals surface area contributed by atoms with Crippen molar-refractivity contribution in [2.24, 2.45) is 5.92 Å². The van der Waals surface area contributed by atoms with E-state index in [4.69, 9.17) is 4.74 Å². The highest BCUT2D eigenvalue weighted by Gasteiger charge is 2.34.